The van der Waals surface area contributed by atoms with Crippen LogP contribution in [0.5, 0.6) is 5.75 Å². The first-order valence-corrected chi connectivity index (χ1v) is 12.9. The summed E-state index contributed by atoms with van der Waals surface area (Å²) in [6, 6.07) is 11.2. The Morgan fingerprint density at radius 1 is 1.05 bits per heavy atom. The van der Waals surface area contributed by atoms with E-state index in [9.17, 15) is 14.7 Å². The maximum absolute atomic E-state index is 12.8. The normalized spacial score (nSPS) is 19.0. The molecule has 1 unspecified atom stereocenters. The Kier molecular flexibility index (Phi) is 8.66. The molecule has 9 heteroatoms. The molecule has 1 atom stereocenters. The number of rotatable bonds is 6. The molecule has 4 rings (SSSR count). The molecule has 0 aliphatic carbocycles. The van der Waals surface area contributed by atoms with Gasteiger partial charge < -0.3 is 29.1 Å². The quantitative estimate of drug-likeness (QED) is 0.632. The fourth-order valence-electron chi connectivity index (χ4n) is 4.44. The number of morpholine rings is 1. The molecule has 2 amide bonds. The minimum atomic E-state index is -0.483. The monoisotopic (exact) mass is 511 g/mol. The summed E-state index contributed by atoms with van der Waals surface area (Å²) >= 11 is 0. The van der Waals surface area contributed by atoms with Crippen LogP contribution in [0.2, 0.25) is 0 Å². The largest absolute Gasteiger partial charge is 0.492 e. The first kappa shape index (κ1) is 26.9. The molecule has 2 aliphatic rings. The van der Waals surface area contributed by atoms with Gasteiger partial charge in [-0.05, 0) is 63.8 Å². The van der Waals surface area contributed by atoms with Crippen LogP contribution in [0.25, 0.3) is 11.3 Å². The average Bonchev–Trinajstić information content (AvgIpc) is 2.91. The van der Waals surface area contributed by atoms with Crippen LogP contribution >= 0.6 is 0 Å². The van der Waals surface area contributed by atoms with Crippen molar-refractivity contribution in [1.29, 1.82) is 0 Å². The van der Waals surface area contributed by atoms with Crippen molar-refractivity contribution < 1.29 is 28.9 Å². The number of carbonyl (C=O) groups excluding carboxylic acids is 2. The van der Waals surface area contributed by atoms with E-state index in [0.717, 1.165) is 24.1 Å². The second kappa shape index (κ2) is 11.9. The van der Waals surface area contributed by atoms with Crippen molar-refractivity contribution in [1.82, 2.24) is 14.8 Å². The molecule has 2 fully saturated rings. The van der Waals surface area contributed by atoms with Crippen LogP contribution in [0.1, 0.15) is 44.0 Å². The lowest BCUT2D eigenvalue weighted by atomic mass is 9.98. The van der Waals surface area contributed by atoms with E-state index in [1.165, 1.54) is 0 Å². The Labute approximate surface area is 218 Å². The minimum Gasteiger partial charge on any atom is -0.492 e. The number of carbonyl (C=O) groups is 2. The maximum atomic E-state index is 12.8. The van der Waals surface area contributed by atoms with Crippen molar-refractivity contribution in [2.75, 3.05) is 46.0 Å². The van der Waals surface area contributed by atoms with E-state index < -0.39 is 5.60 Å². The second-order valence-corrected chi connectivity index (χ2v) is 10.6. The minimum absolute atomic E-state index is 0.0677. The highest BCUT2D eigenvalue weighted by molar-refractivity contribution is 5.94. The summed E-state index contributed by atoms with van der Waals surface area (Å²) < 4.78 is 16.9. The van der Waals surface area contributed by atoms with Gasteiger partial charge in [0.25, 0.3) is 5.91 Å². The number of nitrogens with zero attached hydrogens (tertiary/aromatic N) is 3. The molecule has 9 nitrogen and oxygen atoms in total. The molecule has 1 aromatic carbocycles. The number of amides is 2. The van der Waals surface area contributed by atoms with Gasteiger partial charge in [-0.1, -0.05) is 12.1 Å². The highest BCUT2D eigenvalue weighted by Gasteiger charge is 2.27. The molecule has 37 heavy (non-hydrogen) atoms. The zero-order chi connectivity index (χ0) is 26.4. The molecule has 2 saturated heterocycles. The fraction of sp³-hybridized carbons (Fsp3) is 0.536. The van der Waals surface area contributed by atoms with Crippen LogP contribution in [0, 0.1) is 5.92 Å². The van der Waals surface area contributed by atoms with Crippen LogP contribution in [-0.4, -0.2) is 89.6 Å². The number of aromatic nitrogens is 1. The molecule has 2 aliphatic heterocycles. The number of benzene rings is 1. The maximum Gasteiger partial charge on any atom is 0.410 e. The van der Waals surface area contributed by atoms with Gasteiger partial charge in [0.15, 0.2) is 0 Å². The van der Waals surface area contributed by atoms with Gasteiger partial charge in [0, 0.05) is 37.3 Å². The van der Waals surface area contributed by atoms with E-state index in [1.807, 2.05) is 45.0 Å². The van der Waals surface area contributed by atoms with Gasteiger partial charge in [0.05, 0.1) is 37.8 Å². The number of aliphatic hydroxyl groups excluding tert-OH is 1. The number of pyridine rings is 1. The van der Waals surface area contributed by atoms with Crippen molar-refractivity contribution in [3.05, 3.63) is 48.2 Å². The van der Waals surface area contributed by atoms with Crippen LogP contribution in [0.15, 0.2) is 42.6 Å². The van der Waals surface area contributed by atoms with Gasteiger partial charge in [0.2, 0.25) is 0 Å². The van der Waals surface area contributed by atoms with E-state index in [-0.39, 0.29) is 24.7 Å². The van der Waals surface area contributed by atoms with E-state index in [1.54, 1.807) is 28.1 Å². The number of aliphatic hydroxyl groups is 1. The molecular formula is C28H37N3O6. The summed E-state index contributed by atoms with van der Waals surface area (Å²) in [5, 5.41) is 9.31. The Morgan fingerprint density at radius 2 is 1.78 bits per heavy atom. The average molecular weight is 512 g/mol. The Morgan fingerprint density at radius 3 is 2.41 bits per heavy atom. The summed E-state index contributed by atoms with van der Waals surface area (Å²) in [4.78, 5) is 33.0. The summed E-state index contributed by atoms with van der Waals surface area (Å²) in [5.74, 6) is 1.01. The number of hydrogen-bond donors (Lipinski definition) is 1. The summed E-state index contributed by atoms with van der Waals surface area (Å²) in [6.07, 6.45) is 2.89. The molecular weight excluding hydrogens is 474 g/mol. The summed E-state index contributed by atoms with van der Waals surface area (Å²) in [5.41, 5.74) is 1.82. The van der Waals surface area contributed by atoms with E-state index >= 15 is 0 Å². The molecule has 1 aromatic heterocycles. The lowest BCUT2D eigenvalue weighted by Gasteiger charge is -2.33. The van der Waals surface area contributed by atoms with Crippen molar-refractivity contribution >= 4 is 12.0 Å². The predicted molar refractivity (Wildman–Crippen MR) is 138 cm³/mol. The van der Waals surface area contributed by atoms with Crippen molar-refractivity contribution in [2.24, 2.45) is 5.92 Å². The van der Waals surface area contributed by atoms with Gasteiger partial charge in [-0.3, -0.25) is 9.78 Å². The number of hydrogen-bond acceptors (Lipinski definition) is 7. The highest BCUT2D eigenvalue weighted by atomic mass is 16.6. The zero-order valence-corrected chi connectivity index (χ0v) is 21.9. The molecule has 1 N–H and O–H groups in total. The number of piperidine rings is 1. The van der Waals surface area contributed by atoms with Gasteiger partial charge in [0.1, 0.15) is 11.4 Å². The third-order valence-corrected chi connectivity index (χ3v) is 6.55. The first-order chi connectivity index (χ1) is 17.7. The third-order valence-electron chi connectivity index (χ3n) is 6.55. The van der Waals surface area contributed by atoms with E-state index in [0.29, 0.717) is 56.6 Å². The number of likely N-dealkylation sites (tertiary alicyclic amines) is 1. The fourth-order valence-corrected chi connectivity index (χ4v) is 4.44. The van der Waals surface area contributed by atoms with Gasteiger partial charge in [-0.2, -0.15) is 0 Å². The molecule has 0 bridgehead atoms. The Hall–Kier alpha value is -3.17. The Balaban J connectivity index is 1.25. The van der Waals surface area contributed by atoms with Crippen LogP contribution < -0.4 is 4.74 Å². The first-order valence-electron chi connectivity index (χ1n) is 12.9. The second-order valence-electron chi connectivity index (χ2n) is 10.6. The lowest BCUT2D eigenvalue weighted by Crippen LogP contribution is -2.46. The Bertz CT molecular complexity index is 1040. The van der Waals surface area contributed by atoms with Crippen molar-refractivity contribution in [3.63, 3.8) is 0 Å². The highest BCUT2D eigenvalue weighted by Crippen LogP contribution is 2.24. The van der Waals surface area contributed by atoms with Gasteiger partial charge in [-0.25, -0.2) is 4.79 Å². The SMILES string of the molecule is CC(C)(C)OC(=O)N1CCC(COc2ccc(-c3ccc(C(=O)N4CCOC(CO)C4)cc3)nc2)CC1. The van der Waals surface area contributed by atoms with Crippen molar-refractivity contribution in [3.8, 4) is 17.0 Å². The molecule has 200 valence electrons. The van der Waals surface area contributed by atoms with E-state index in [2.05, 4.69) is 4.98 Å². The smallest absolute Gasteiger partial charge is 0.410 e. The van der Waals surface area contributed by atoms with E-state index in [4.69, 9.17) is 14.2 Å². The zero-order valence-electron chi connectivity index (χ0n) is 21.9. The summed E-state index contributed by atoms with van der Waals surface area (Å²) in [7, 11) is 0. The lowest BCUT2D eigenvalue weighted by molar-refractivity contribution is -0.0447. The van der Waals surface area contributed by atoms with Gasteiger partial charge >= 0.3 is 6.09 Å². The van der Waals surface area contributed by atoms with Crippen LogP contribution in [-0.2, 0) is 9.47 Å². The predicted octanol–water partition coefficient (Wildman–Crippen LogP) is 3.61. The van der Waals surface area contributed by atoms with Crippen LogP contribution in [0.3, 0.4) is 0 Å². The van der Waals surface area contributed by atoms with Gasteiger partial charge in [-0.15, -0.1) is 0 Å². The molecule has 0 saturated carbocycles. The number of ether oxygens (including phenoxy) is 3. The standard InChI is InChI=1S/C28H37N3O6/c1-28(2,3)37-27(34)30-12-10-20(11-13-30)19-36-23-8-9-25(29-16-23)21-4-6-22(7-5-21)26(33)31-14-15-35-24(17-31)18-32/h4-9,16,20,24,32H,10-15,17-19H2,1-3H3. The summed E-state index contributed by atoms with van der Waals surface area (Å²) in [6.45, 7) is 8.80. The van der Waals surface area contributed by atoms with Crippen molar-refractivity contribution in [2.45, 2.75) is 45.3 Å². The molecule has 3 heterocycles. The third kappa shape index (κ3) is 7.42. The van der Waals surface area contributed by atoms with Crippen LogP contribution in [0.4, 0.5) is 4.79 Å². The topological polar surface area (TPSA) is 101 Å². The molecule has 2 aromatic rings. The molecule has 0 spiro atoms. The molecule has 0 radical (unpaired) electrons.